The minimum Gasteiger partial charge on any atom is -0.488 e. The van der Waals surface area contributed by atoms with Crippen molar-refractivity contribution < 1.29 is 4.74 Å². The van der Waals surface area contributed by atoms with Gasteiger partial charge in [-0.25, -0.2) is 4.68 Å². The zero-order chi connectivity index (χ0) is 18.6. The van der Waals surface area contributed by atoms with Crippen LogP contribution in [0, 0.1) is 0 Å². The molecule has 7 heteroatoms. The predicted octanol–water partition coefficient (Wildman–Crippen LogP) is 5.06. The van der Waals surface area contributed by atoms with Crippen LogP contribution in [0.1, 0.15) is 11.1 Å². The number of fused-ring (bicyclic) bond motifs is 1. The highest BCUT2D eigenvalue weighted by molar-refractivity contribution is 6.35. The zero-order valence-corrected chi connectivity index (χ0v) is 15.8. The lowest BCUT2D eigenvalue weighted by molar-refractivity contribution is 0.304. The van der Waals surface area contributed by atoms with Crippen molar-refractivity contribution in [2.75, 3.05) is 5.43 Å². The normalized spacial score (nSPS) is 10.9. The molecule has 4 aromatic rings. The second-order valence-corrected chi connectivity index (χ2v) is 6.77. The Morgan fingerprint density at radius 1 is 0.852 bits per heavy atom. The summed E-state index contributed by atoms with van der Waals surface area (Å²) >= 11 is 12.5. The Balaban J connectivity index is 1.65. The molecule has 0 bridgehead atoms. The Morgan fingerprint density at radius 3 is 2.37 bits per heavy atom. The lowest BCUT2D eigenvalue weighted by Gasteiger charge is -2.16. The van der Waals surface area contributed by atoms with Crippen molar-refractivity contribution in [3.8, 4) is 5.75 Å². The molecule has 0 amide bonds. The van der Waals surface area contributed by atoms with Crippen molar-refractivity contribution in [2.45, 2.75) is 13.2 Å². The molecule has 3 aromatic carbocycles. The van der Waals surface area contributed by atoms with Crippen molar-refractivity contribution in [3.63, 3.8) is 0 Å². The minimum absolute atomic E-state index is 0.288. The monoisotopic (exact) mass is 398 g/mol. The highest BCUT2D eigenvalue weighted by Crippen LogP contribution is 2.31. The third kappa shape index (κ3) is 3.84. The van der Waals surface area contributed by atoms with E-state index in [-0.39, 0.29) is 6.61 Å². The molecule has 0 spiro atoms. The summed E-state index contributed by atoms with van der Waals surface area (Å²) in [5.74, 6) is 0.769. The maximum absolute atomic E-state index is 6.27. The second-order valence-electron chi connectivity index (χ2n) is 5.96. The van der Waals surface area contributed by atoms with Gasteiger partial charge in [-0.15, -0.1) is 10.2 Å². The van der Waals surface area contributed by atoms with Gasteiger partial charge in [0.15, 0.2) is 0 Å². The van der Waals surface area contributed by atoms with Crippen LogP contribution in [0.5, 0.6) is 5.75 Å². The summed E-state index contributed by atoms with van der Waals surface area (Å²) in [6.45, 7) is 0.835. The van der Waals surface area contributed by atoms with Crippen LogP contribution in [0.15, 0.2) is 67.3 Å². The molecular formula is C20H16Cl2N4O. The summed E-state index contributed by atoms with van der Waals surface area (Å²) in [6.07, 6.45) is 3.21. The molecule has 0 saturated heterocycles. The average Bonchev–Trinajstić information content (AvgIpc) is 3.20. The molecule has 136 valence electrons. The van der Waals surface area contributed by atoms with Gasteiger partial charge in [-0.05, 0) is 29.0 Å². The Bertz CT molecular complexity index is 1050. The molecular weight excluding hydrogens is 383 g/mol. The van der Waals surface area contributed by atoms with Crippen molar-refractivity contribution in [2.24, 2.45) is 0 Å². The number of nitrogens with zero attached hydrogens (tertiary/aromatic N) is 3. The number of ether oxygens (including phenoxy) is 1. The largest absolute Gasteiger partial charge is 0.488 e. The third-order valence-corrected chi connectivity index (χ3v) is 5.00. The predicted molar refractivity (Wildman–Crippen MR) is 108 cm³/mol. The van der Waals surface area contributed by atoms with Crippen molar-refractivity contribution in [3.05, 3.63) is 88.4 Å². The molecule has 0 aliphatic heterocycles. The lowest BCUT2D eigenvalue weighted by Crippen LogP contribution is -2.13. The first-order valence-electron chi connectivity index (χ1n) is 8.37. The van der Waals surface area contributed by atoms with Crippen molar-refractivity contribution >= 4 is 34.0 Å². The summed E-state index contributed by atoms with van der Waals surface area (Å²) in [4.78, 5) is 0. The topological polar surface area (TPSA) is 52.0 Å². The van der Waals surface area contributed by atoms with Gasteiger partial charge in [-0.1, -0.05) is 59.6 Å². The average molecular weight is 399 g/mol. The van der Waals surface area contributed by atoms with Gasteiger partial charge in [-0.2, -0.15) is 0 Å². The molecule has 0 radical (unpaired) electrons. The molecule has 0 unspecified atom stereocenters. The first kappa shape index (κ1) is 17.6. The molecule has 0 saturated carbocycles. The first-order valence-corrected chi connectivity index (χ1v) is 9.13. The van der Waals surface area contributed by atoms with Gasteiger partial charge < -0.3 is 10.2 Å². The highest BCUT2D eigenvalue weighted by Gasteiger charge is 2.12. The Hall–Kier alpha value is -2.76. The van der Waals surface area contributed by atoms with E-state index < -0.39 is 0 Å². The van der Waals surface area contributed by atoms with Gasteiger partial charge in [0.1, 0.15) is 25.0 Å². The molecule has 0 aliphatic rings. The number of hydrogen-bond acceptors (Lipinski definition) is 4. The quantitative estimate of drug-likeness (QED) is 0.492. The van der Waals surface area contributed by atoms with Gasteiger partial charge in [0, 0.05) is 21.2 Å². The smallest absolute Gasteiger partial charge is 0.138 e. The van der Waals surface area contributed by atoms with Crippen LogP contribution < -0.4 is 10.2 Å². The lowest BCUT2D eigenvalue weighted by atomic mass is 10.0. The summed E-state index contributed by atoms with van der Waals surface area (Å²) in [5.41, 5.74) is 5.06. The van der Waals surface area contributed by atoms with E-state index in [1.54, 1.807) is 29.5 Å². The molecule has 5 nitrogen and oxygen atoms in total. The third-order valence-electron chi connectivity index (χ3n) is 4.29. The van der Waals surface area contributed by atoms with Crippen molar-refractivity contribution in [1.29, 1.82) is 0 Å². The number of hydrogen-bond donors (Lipinski definition) is 1. The first-order chi connectivity index (χ1) is 13.2. The van der Waals surface area contributed by atoms with E-state index >= 15 is 0 Å². The van der Waals surface area contributed by atoms with E-state index in [0.29, 0.717) is 16.6 Å². The van der Waals surface area contributed by atoms with E-state index in [2.05, 4.69) is 27.8 Å². The molecule has 0 atom stereocenters. The van der Waals surface area contributed by atoms with Crippen LogP contribution in [-0.2, 0) is 13.2 Å². The maximum atomic E-state index is 6.27. The fourth-order valence-electron chi connectivity index (χ4n) is 2.91. The van der Waals surface area contributed by atoms with Gasteiger partial charge in [-0.3, -0.25) is 0 Å². The number of rotatable bonds is 6. The summed E-state index contributed by atoms with van der Waals surface area (Å²) < 4.78 is 7.82. The molecule has 4 rings (SSSR count). The van der Waals surface area contributed by atoms with E-state index in [4.69, 9.17) is 27.9 Å². The van der Waals surface area contributed by atoms with Crippen LogP contribution in [-0.4, -0.2) is 14.9 Å². The Kier molecular flexibility index (Phi) is 5.14. The van der Waals surface area contributed by atoms with Crippen LogP contribution >= 0.6 is 23.2 Å². The molecule has 1 aromatic heterocycles. The van der Waals surface area contributed by atoms with Crippen molar-refractivity contribution in [1.82, 2.24) is 14.9 Å². The molecule has 27 heavy (non-hydrogen) atoms. The highest BCUT2D eigenvalue weighted by atomic mass is 35.5. The van der Waals surface area contributed by atoms with Gasteiger partial charge in [0.05, 0.1) is 6.54 Å². The summed E-state index contributed by atoms with van der Waals surface area (Å²) in [6, 6.07) is 17.6. The fourth-order valence-corrected chi connectivity index (χ4v) is 3.41. The van der Waals surface area contributed by atoms with Crippen LogP contribution in [0.25, 0.3) is 10.8 Å². The van der Waals surface area contributed by atoms with E-state index in [0.717, 1.165) is 27.6 Å². The van der Waals surface area contributed by atoms with E-state index in [1.165, 1.54) is 0 Å². The number of halogens is 2. The summed E-state index contributed by atoms with van der Waals surface area (Å²) in [7, 11) is 0. The molecule has 1 N–H and O–H groups in total. The standard InChI is InChI=1S/C20H16Cl2N4O/c21-18-6-3-7-19(22)17(18)11-27-20-9-8-14-4-1-2-5-15(14)16(20)10-25-26-12-23-24-13-26/h1-9,12-13,25H,10-11H2. The molecule has 1 heterocycles. The zero-order valence-electron chi connectivity index (χ0n) is 14.3. The van der Waals surface area contributed by atoms with Crippen LogP contribution in [0.2, 0.25) is 10.0 Å². The SMILES string of the molecule is Clc1cccc(Cl)c1COc1ccc2ccccc2c1CNn1cnnc1. The second kappa shape index (κ2) is 7.86. The molecule has 0 aliphatic carbocycles. The number of benzene rings is 3. The van der Waals surface area contributed by atoms with Gasteiger partial charge in [0.2, 0.25) is 0 Å². The maximum Gasteiger partial charge on any atom is 0.138 e. The summed E-state index contributed by atoms with van der Waals surface area (Å²) in [5, 5.41) is 11.0. The van der Waals surface area contributed by atoms with E-state index in [1.807, 2.05) is 30.3 Å². The Labute approximate surface area is 166 Å². The van der Waals surface area contributed by atoms with Gasteiger partial charge >= 0.3 is 0 Å². The number of aromatic nitrogens is 3. The van der Waals surface area contributed by atoms with Crippen LogP contribution in [0.4, 0.5) is 0 Å². The fraction of sp³-hybridized carbons (Fsp3) is 0.100. The number of nitrogens with one attached hydrogen (secondary N) is 1. The van der Waals surface area contributed by atoms with E-state index in [9.17, 15) is 0 Å². The minimum atomic E-state index is 0.288. The Morgan fingerprint density at radius 2 is 1.59 bits per heavy atom. The molecule has 0 fully saturated rings. The van der Waals surface area contributed by atoms with Gasteiger partial charge in [0.25, 0.3) is 0 Å². The van der Waals surface area contributed by atoms with Crippen LogP contribution in [0.3, 0.4) is 0 Å².